The smallest absolute Gasteiger partial charge is 0.243 e. The van der Waals surface area contributed by atoms with Crippen molar-refractivity contribution < 1.29 is 5.17 Å². The van der Waals surface area contributed by atoms with Crippen molar-refractivity contribution in [1.29, 1.82) is 0 Å². The molecule has 0 aromatic heterocycles. The van der Waals surface area contributed by atoms with Gasteiger partial charge in [-0.15, -0.1) is 0 Å². The number of guanidine groups is 1. The molecule has 0 aromatic rings. The van der Waals surface area contributed by atoms with E-state index in [2.05, 4.69) is 26.7 Å². The van der Waals surface area contributed by atoms with Crippen LogP contribution in [0.1, 0.15) is 32.1 Å². The number of nitrogens with one attached hydrogen (secondary N) is 3. The van der Waals surface area contributed by atoms with Crippen molar-refractivity contribution in [3.8, 4) is 0 Å². The minimum absolute atomic E-state index is 0.0187. The summed E-state index contributed by atoms with van der Waals surface area (Å²) in [4.78, 5) is 6.52. The summed E-state index contributed by atoms with van der Waals surface area (Å²) in [5, 5.41) is 15.8. The number of hydroxylamine groups is 1. The van der Waals surface area contributed by atoms with Crippen LogP contribution in [0.4, 0.5) is 0 Å². The summed E-state index contributed by atoms with van der Waals surface area (Å²) in [6, 6.07) is 0. The molecular formula is C15H25N5O. The van der Waals surface area contributed by atoms with Crippen molar-refractivity contribution in [3.05, 3.63) is 28.3 Å². The fourth-order valence-corrected chi connectivity index (χ4v) is 3.36. The number of quaternary nitrogens is 1. The van der Waals surface area contributed by atoms with Gasteiger partial charge in [-0.05, 0) is 51.3 Å². The first-order valence-electron chi connectivity index (χ1n) is 7.86. The standard InChI is InChI=1S/C15H25N5O/c1-19(2)10-9-16-15-17-13-8-7-11-5-3-4-6-12(11)14(13)20(21)18-15/h8,11,20H,3-7,9-10H2,1-2H3,(H2,16,17,18). The van der Waals surface area contributed by atoms with Gasteiger partial charge in [0.05, 0.1) is 6.54 Å². The van der Waals surface area contributed by atoms with Crippen molar-refractivity contribution in [2.45, 2.75) is 32.1 Å². The molecule has 2 aliphatic carbocycles. The average Bonchev–Trinajstić information content (AvgIpc) is 2.46. The Labute approximate surface area is 126 Å². The third-order valence-corrected chi connectivity index (χ3v) is 4.47. The Balaban J connectivity index is 1.75. The molecule has 2 unspecified atom stereocenters. The molecule has 116 valence electrons. The average molecular weight is 291 g/mol. The molecule has 0 amide bonds. The summed E-state index contributed by atoms with van der Waals surface area (Å²) < 4.78 is 0. The Bertz CT molecular complexity index is 494. The van der Waals surface area contributed by atoms with Gasteiger partial charge >= 0.3 is 0 Å². The van der Waals surface area contributed by atoms with E-state index in [1.54, 1.807) is 0 Å². The van der Waals surface area contributed by atoms with Crippen LogP contribution < -0.4 is 15.9 Å². The van der Waals surface area contributed by atoms with Crippen LogP contribution in [0, 0.1) is 11.1 Å². The van der Waals surface area contributed by atoms with E-state index < -0.39 is 0 Å². The van der Waals surface area contributed by atoms with E-state index in [0.29, 0.717) is 18.4 Å². The number of likely N-dealkylation sites (N-methyl/N-ethyl adjacent to an activating group) is 1. The van der Waals surface area contributed by atoms with Gasteiger partial charge in [-0.3, -0.25) is 0 Å². The van der Waals surface area contributed by atoms with E-state index in [4.69, 9.17) is 0 Å². The minimum atomic E-state index is 0.0187. The molecule has 6 heteroatoms. The third kappa shape index (κ3) is 3.12. The van der Waals surface area contributed by atoms with Gasteiger partial charge in [-0.2, -0.15) is 5.43 Å². The molecule has 1 saturated heterocycles. The van der Waals surface area contributed by atoms with Crippen molar-refractivity contribution in [3.63, 3.8) is 0 Å². The Hall–Kier alpha value is -1.37. The number of nitrogens with zero attached hydrogens (tertiary/aromatic N) is 2. The Morgan fingerprint density at radius 1 is 1.43 bits per heavy atom. The minimum Gasteiger partial charge on any atom is -0.603 e. The molecule has 2 atom stereocenters. The monoisotopic (exact) mass is 291 g/mol. The zero-order chi connectivity index (χ0) is 14.8. The summed E-state index contributed by atoms with van der Waals surface area (Å²) >= 11 is 0. The van der Waals surface area contributed by atoms with E-state index in [9.17, 15) is 5.21 Å². The second kappa shape index (κ2) is 6.17. The van der Waals surface area contributed by atoms with Crippen LogP contribution in [0.15, 0.2) is 28.0 Å². The Morgan fingerprint density at radius 2 is 2.29 bits per heavy atom. The first-order chi connectivity index (χ1) is 10.1. The molecule has 21 heavy (non-hydrogen) atoms. The van der Waals surface area contributed by atoms with Crippen LogP contribution in [-0.2, 0) is 0 Å². The zero-order valence-electron chi connectivity index (χ0n) is 12.9. The zero-order valence-corrected chi connectivity index (χ0v) is 12.9. The highest BCUT2D eigenvalue weighted by Crippen LogP contribution is 2.37. The lowest BCUT2D eigenvalue weighted by molar-refractivity contribution is -0.845. The second-order valence-electron chi connectivity index (χ2n) is 6.31. The van der Waals surface area contributed by atoms with Crippen LogP contribution in [0.3, 0.4) is 0 Å². The van der Waals surface area contributed by atoms with E-state index >= 15 is 0 Å². The quantitative estimate of drug-likeness (QED) is 0.647. The molecule has 0 aromatic carbocycles. The fourth-order valence-electron chi connectivity index (χ4n) is 3.36. The molecule has 1 saturated carbocycles. The number of rotatable bonds is 3. The topological polar surface area (TPSA) is 67.2 Å². The summed E-state index contributed by atoms with van der Waals surface area (Å²) in [6.45, 7) is 1.55. The number of allylic oxidation sites excluding steroid dienone is 2. The van der Waals surface area contributed by atoms with Gasteiger partial charge in [-0.1, -0.05) is 12.5 Å². The molecule has 0 spiro atoms. The van der Waals surface area contributed by atoms with Crippen molar-refractivity contribution >= 4 is 5.96 Å². The van der Waals surface area contributed by atoms with Gasteiger partial charge in [0.25, 0.3) is 0 Å². The van der Waals surface area contributed by atoms with Crippen molar-refractivity contribution in [2.75, 3.05) is 27.2 Å². The van der Waals surface area contributed by atoms with Crippen LogP contribution in [0.25, 0.3) is 0 Å². The number of hydrogen-bond donors (Lipinski definition) is 3. The van der Waals surface area contributed by atoms with Crippen molar-refractivity contribution in [2.24, 2.45) is 10.9 Å². The third-order valence-electron chi connectivity index (χ3n) is 4.47. The van der Waals surface area contributed by atoms with Crippen LogP contribution in [0.2, 0.25) is 0 Å². The number of hydrogen-bond acceptors (Lipinski definition) is 3. The summed E-state index contributed by atoms with van der Waals surface area (Å²) in [5.74, 6) is 1.17. The van der Waals surface area contributed by atoms with E-state index in [0.717, 1.165) is 30.8 Å². The first kappa shape index (κ1) is 14.6. The summed E-state index contributed by atoms with van der Waals surface area (Å²) in [6.07, 6.45) is 8.02. The van der Waals surface area contributed by atoms with Crippen LogP contribution in [0.5, 0.6) is 0 Å². The molecular weight excluding hydrogens is 266 g/mol. The lowest BCUT2D eigenvalue weighted by atomic mass is 9.78. The largest absolute Gasteiger partial charge is 0.603 e. The van der Waals surface area contributed by atoms with Crippen LogP contribution >= 0.6 is 0 Å². The molecule has 6 nitrogen and oxygen atoms in total. The maximum absolute atomic E-state index is 12.4. The fraction of sp³-hybridized carbons (Fsp3) is 0.667. The summed E-state index contributed by atoms with van der Waals surface area (Å²) in [7, 11) is 4.03. The van der Waals surface area contributed by atoms with Crippen molar-refractivity contribution in [1.82, 2.24) is 15.6 Å². The Morgan fingerprint density at radius 3 is 3.10 bits per heavy atom. The lowest BCUT2D eigenvalue weighted by Gasteiger charge is -2.39. The molecule has 3 rings (SSSR count). The molecule has 1 heterocycles. The molecule has 3 aliphatic rings. The summed E-state index contributed by atoms with van der Waals surface area (Å²) in [5.41, 5.74) is 6.12. The maximum atomic E-state index is 12.4. The maximum Gasteiger partial charge on any atom is 0.243 e. The highest BCUT2D eigenvalue weighted by molar-refractivity contribution is 5.82. The highest BCUT2D eigenvalue weighted by Gasteiger charge is 2.34. The SMILES string of the molecule is CN(C)CCN=C1NC2=CCC3CCCCC3=C2[NH+]([O-])N1. The Kier molecular flexibility index (Phi) is 4.28. The van der Waals surface area contributed by atoms with Gasteiger partial charge < -0.3 is 15.4 Å². The molecule has 2 fully saturated rings. The van der Waals surface area contributed by atoms with E-state index in [-0.39, 0.29) is 5.17 Å². The predicted molar refractivity (Wildman–Crippen MR) is 83.1 cm³/mol. The molecule has 3 N–H and O–H groups in total. The van der Waals surface area contributed by atoms with Gasteiger partial charge in [0.15, 0.2) is 5.70 Å². The molecule has 1 aliphatic heterocycles. The van der Waals surface area contributed by atoms with Crippen LogP contribution in [-0.4, -0.2) is 38.0 Å². The molecule has 0 radical (unpaired) electrons. The van der Waals surface area contributed by atoms with Gasteiger partial charge in [0, 0.05) is 6.54 Å². The second-order valence-corrected chi connectivity index (χ2v) is 6.31. The highest BCUT2D eigenvalue weighted by atomic mass is 16.5. The number of aliphatic imine (C=N–C) groups is 1. The van der Waals surface area contributed by atoms with Gasteiger partial charge in [0.1, 0.15) is 5.70 Å². The first-order valence-corrected chi connectivity index (χ1v) is 7.86. The van der Waals surface area contributed by atoms with Gasteiger partial charge in [-0.25, -0.2) is 10.2 Å². The number of fused-ring (bicyclic) bond motifs is 2. The van der Waals surface area contributed by atoms with E-state index in [1.165, 1.54) is 24.8 Å². The van der Waals surface area contributed by atoms with E-state index in [1.807, 2.05) is 14.1 Å². The lowest BCUT2D eigenvalue weighted by Crippen LogP contribution is -3.15. The normalized spacial score (nSPS) is 30.5. The molecule has 0 bridgehead atoms. The predicted octanol–water partition coefficient (Wildman–Crippen LogP) is 0.126. The van der Waals surface area contributed by atoms with Gasteiger partial charge in [0.2, 0.25) is 5.96 Å².